The van der Waals surface area contributed by atoms with Gasteiger partial charge in [-0.2, -0.15) is 0 Å². The smallest absolute Gasteiger partial charge is 0.0809 e. The van der Waals surface area contributed by atoms with Gasteiger partial charge in [-0.3, -0.25) is 0 Å². The van der Waals surface area contributed by atoms with E-state index in [0.29, 0.717) is 6.04 Å². The van der Waals surface area contributed by atoms with Gasteiger partial charge in [-0.05, 0) is 12.8 Å². The SMILES string of the molecule is CC1CCC1[NH+](C)[NH-]. The third-order valence-electron chi connectivity index (χ3n) is 2.18. The molecule has 1 aliphatic rings. The molecule has 0 aromatic heterocycles. The van der Waals surface area contributed by atoms with Gasteiger partial charge in [-0.1, -0.05) is 6.92 Å². The zero-order chi connectivity index (χ0) is 6.15. The first-order chi connectivity index (χ1) is 3.72. The summed E-state index contributed by atoms with van der Waals surface area (Å²) >= 11 is 0. The van der Waals surface area contributed by atoms with Gasteiger partial charge in [0.05, 0.1) is 13.1 Å². The Morgan fingerprint density at radius 2 is 2.12 bits per heavy atom. The van der Waals surface area contributed by atoms with Crippen molar-refractivity contribution >= 4 is 0 Å². The Kier molecular flexibility index (Phi) is 1.54. The van der Waals surface area contributed by atoms with E-state index in [0.717, 1.165) is 10.9 Å². The minimum atomic E-state index is 0.634. The van der Waals surface area contributed by atoms with E-state index in [1.54, 1.807) is 0 Å². The maximum absolute atomic E-state index is 7.28. The van der Waals surface area contributed by atoms with Crippen LogP contribution in [0.4, 0.5) is 0 Å². The summed E-state index contributed by atoms with van der Waals surface area (Å²) in [5.74, 6) is 8.08. The van der Waals surface area contributed by atoms with Crippen LogP contribution in [0.3, 0.4) is 0 Å². The second-order valence-electron chi connectivity index (χ2n) is 2.84. The Morgan fingerprint density at radius 3 is 2.12 bits per heavy atom. The van der Waals surface area contributed by atoms with Crippen LogP contribution in [0.25, 0.3) is 5.84 Å². The third-order valence-corrected chi connectivity index (χ3v) is 2.18. The first kappa shape index (κ1) is 6.05. The lowest BCUT2D eigenvalue weighted by atomic mass is 9.81. The first-order valence-electron chi connectivity index (χ1n) is 3.27. The number of hydrogen-bond acceptors (Lipinski definition) is 0. The highest BCUT2D eigenvalue weighted by molar-refractivity contribution is 4.75. The maximum atomic E-state index is 7.28. The average molecular weight is 114 g/mol. The molecule has 0 amide bonds. The van der Waals surface area contributed by atoms with Crippen molar-refractivity contribution in [1.82, 2.24) is 0 Å². The summed E-state index contributed by atoms with van der Waals surface area (Å²) in [4.78, 5) is 0. The normalized spacial score (nSPS) is 40.9. The molecule has 0 heterocycles. The average Bonchev–Trinajstić information content (AvgIpc) is 1.61. The summed E-state index contributed by atoms with van der Waals surface area (Å²) < 4.78 is 0. The summed E-state index contributed by atoms with van der Waals surface area (Å²) in [6.45, 7) is 2.23. The summed E-state index contributed by atoms with van der Waals surface area (Å²) in [6, 6.07) is 0.634. The van der Waals surface area contributed by atoms with Gasteiger partial charge in [0.15, 0.2) is 0 Å². The first-order valence-corrected chi connectivity index (χ1v) is 3.27. The van der Waals surface area contributed by atoms with Crippen LogP contribution in [0.5, 0.6) is 0 Å². The highest BCUT2D eigenvalue weighted by Crippen LogP contribution is 2.23. The molecule has 1 fully saturated rings. The van der Waals surface area contributed by atoms with E-state index in [4.69, 9.17) is 5.84 Å². The van der Waals surface area contributed by atoms with Gasteiger partial charge in [-0.25, -0.2) is 0 Å². The highest BCUT2D eigenvalue weighted by Gasteiger charge is 2.29. The van der Waals surface area contributed by atoms with E-state index in [-0.39, 0.29) is 0 Å². The summed E-state index contributed by atoms with van der Waals surface area (Å²) in [5, 5.41) is 0.878. The van der Waals surface area contributed by atoms with Gasteiger partial charge in [0.25, 0.3) is 0 Å². The van der Waals surface area contributed by atoms with Crippen LogP contribution in [-0.4, -0.2) is 13.1 Å². The number of quaternary nitrogens is 1. The van der Waals surface area contributed by atoms with Crippen molar-refractivity contribution in [3.8, 4) is 0 Å². The molecule has 1 aliphatic carbocycles. The second-order valence-corrected chi connectivity index (χ2v) is 2.84. The predicted molar refractivity (Wildman–Crippen MR) is 33.4 cm³/mol. The van der Waals surface area contributed by atoms with Crippen molar-refractivity contribution in [3.63, 3.8) is 0 Å². The molecule has 8 heavy (non-hydrogen) atoms. The molecule has 0 aromatic carbocycles. The molecule has 0 saturated heterocycles. The molecule has 0 radical (unpaired) electrons. The van der Waals surface area contributed by atoms with Crippen molar-refractivity contribution in [1.29, 1.82) is 0 Å². The lowest BCUT2D eigenvalue weighted by molar-refractivity contribution is -0.866. The zero-order valence-corrected chi connectivity index (χ0v) is 5.57. The topological polar surface area (TPSA) is 28.2 Å². The quantitative estimate of drug-likeness (QED) is 0.474. The highest BCUT2D eigenvalue weighted by atomic mass is 15.4. The second kappa shape index (κ2) is 2.03. The van der Waals surface area contributed by atoms with Crippen molar-refractivity contribution in [3.05, 3.63) is 5.84 Å². The van der Waals surface area contributed by atoms with Gasteiger partial charge in [0.1, 0.15) is 0 Å². The summed E-state index contributed by atoms with van der Waals surface area (Å²) in [5.41, 5.74) is 0. The Bertz CT molecular complexity index is 75.8. The van der Waals surface area contributed by atoms with E-state index in [9.17, 15) is 0 Å². The van der Waals surface area contributed by atoms with E-state index in [1.165, 1.54) is 12.8 Å². The van der Waals surface area contributed by atoms with Crippen molar-refractivity contribution in [2.24, 2.45) is 5.92 Å². The number of hydrogen-bond donors (Lipinski definition) is 1. The predicted octanol–water partition coefficient (Wildman–Crippen LogP) is 0.267. The molecule has 0 aromatic rings. The lowest BCUT2D eigenvalue weighted by Gasteiger charge is -2.39. The van der Waals surface area contributed by atoms with Crippen LogP contribution in [0.15, 0.2) is 0 Å². The van der Waals surface area contributed by atoms with Crippen LogP contribution >= 0.6 is 0 Å². The van der Waals surface area contributed by atoms with E-state index >= 15 is 0 Å². The lowest BCUT2D eigenvalue weighted by Crippen LogP contribution is -3.08. The minimum Gasteiger partial charge on any atom is -0.469 e. The fourth-order valence-corrected chi connectivity index (χ4v) is 1.31. The molecule has 1 saturated carbocycles. The molecule has 2 nitrogen and oxygen atoms in total. The molecule has 1 rings (SSSR count). The van der Waals surface area contributed by atoms with Crippen LogP contribution in [0.2, 0.25) is 0 Å². The molecule has 0 spiro atoms. The van der Waals surface area contributed by atoms with Gasteiger partial charge in [0.2, 0.25) is 0 Å². The monoisotopic (exact) mass is 114 g/mol. The fourth-order valence-electron chi connectivity index (χ4n) is 1.31. The largest absolute Gasteiger partial charge is 0.469 e. The van der Waals surface area contributed by atoms with Crippen molar-refractivity contribution in [2.45, 2.75) is 25.8 Å². The van der Waals surface area contributed by atoms with Gasteiger partial charge in [-0.15, -0.1) is 0 Å². The van der Waals surface area contributed by atoms with Crippen LogP contribution in [0.1, 0.15) is 19.8 Å². The van der Waals surface area contributed by atoms with Gasteiger partial charge < -0.3 is 10.9 Å². The van der Waals surface area contributed by atoms with Crippen LogP contribution < -0.4 is 5.01 Å². The molecule has 0 aliphatic heterocycles. The Balaban J connectivity index is 2.26. The van der Waals surface area contributed by atoms with Crippen molar-refractivity contribution < 1.29 is 5.01 Å². The molecule has 48 valence electrons. The van der Waals surface area contributed by atoms with Crippen molar-refractivity contribution in [2.75, 3.05) is 7.05 Å². The summed E-state index contributed by atoms with van der Waals surface area (Å²) in [7, 11) is 1.92. The Hall–Kier alpha value is -0.0800. The molecule has 0 bridgehead atoms. The molecule has 2 heteroatoms. The van der Waals surface area contributed by atoms with E-state index < -0.39 is 0 Å². The molecule has 2 N–H and O–H groups in total. The van der Waals surface area contributed by atoms with Gasteiger partial charge in [0, 0.05) is 5.92 Å². The molecular formula is C6H14N2. The standard InChI is InChI=1S/C6H14N2/c1-5-3-4-6(5)8(2)7/h5-8H,3-4H2,1-2H3. The van der Waals surface area contributed by atoms with E-state index in [2.05, 4.69) is 6.92 Å². The van der Waals surface area contributed by atoms with Crippen LogP contribution in [-0.2, 0) is 0 Å². The molecule has 3 unspecified atom stereocenters. The Labute approximate surface area is 50.6 Å². The fraction of sp³-hybridized carbons (Fsp3) is 1.00. The third kappa shape index (κ3) is 0.858. The van der Waals surface area contributed by atoms with E-state index in [1.807, 2.05) is 7.05 Å². The number of rotatable bonds is 1. The zero-order valence-electron chi connectivity index (χ0n) is 5.57. The maximum Gasteiger partial charge on any atom is 0.0809 e. The van der Waals surface area contributed by atoms with Gasteiger partial charge >= 0.3 is 0 Å². The Morgan fingerprint density at radius 1 is 1.50 bits per heavy atom. The number of nitrogens with one attached hydrogen (secondary N) is 2. The molecule has 3 atom stereocenters. The molecular weight excluding hydrogens is 100 g/mol. The minimum absolute atomic E-state index is 0.634. The summed E-state index contributed by atoms with van der Waals surface area (Å²) in [6.07, 6.45) is 2.59. The van der Waals surface area contributed by atoms with Crippen LogP contribution in [0, 0.1) is 5.92 Å².